The molecule has 1 aliphatic heterocycles. The topological polar surface area (TPSA) is 47.7 Å². The molecule has 0 aliphatic carbocycles. The molecule has 0 aromatic heterocycles. The van der Waals surface area contributed by atoms with Crippen molar-refractivity contribution in [2.45, 2.75) is 44.9 Å². The smallest absolute Gasteiger partial charge is 0.0972 e. The first kappa shape index (κ1) is 14.9. The maximum atomic E-state index is 5.99. The molecule has 1 rings (SSSR count). The van der Waals surface area contributed by atoms with Gasteiger partial charge < -0.3 is 15.2 Å². The van der Waals surface area contributed by atoms with Gasteiger partial charge in [0.15, 0.2) is 0 Å². The zero-order valence-corrected chi connectivity index (χ0v) is 11.9. The quantitative estimate of drug-likeness (QED) is 0.760. The van der Waals surface area contributed by atoms with E-state index in [1.54, 1.807) is 14.2 Å². The van der Waals surface area contributed by atoms with Gasteiger partial charge in [-0.3, -0.25) is 4.90 Å². The van der Waals surface area contributed by atoms with Gasteiger partial charge in [0.25, 0.3) is 0 Å². The lowest BCUT2D eigenvalue weighted by atomic mass is 9.89. The molecular weight excluding hydrogens is 216 g/mol. The fourth-order valence-electron chi connectivity index (χ4n) is 2.86. The highest BCUT2D eigenvalue weighted by molar-refractivity contribution is 4.97. The Balaban J connectivity index is 2.71. The first-order valence-corrected chi connectivity index (χ1v) is 6.47. The van der Waals surface area contributed by atoms with E-state index >= 15 is 0 Å². The van der Waals surface area contributed by atoms with Crippen LogP contribution in [0.2, 0.25) is 0 Å². The lowest BCUT2D eigenvalue weighted by Crippen LogP contribution is -2.52. The summed E-state index contributed by atoms with van der Waals surface area (Å²) < 4.78 is 11.0. The van der Waals surface area contributed by atoms with Gasteiger partial charge in [0, 0.05) is 39.4 Å². The molecule has 0 aromatic carbocycles. The lowest BCUT2D eigenvalue weighted by Gasteiger charge is -2.39. The van der Waals surface area contributed by atoms with Crippen LogP contribution in [0.25, 0.3) is 0 Å². The van der Waals surface area contributed by atoms with Crippen LogP contribution in [-0.4, -0.2) is 56.5 Å². The molecule has 1 fully saturated rings. The van der Waals surface area contributed by atoms with E-state index in [2.05, 4.69) is 25.7 Å². The molecule has 3 unspecified atom stereocenters. The van der Waals surface area contributed by atoms with Gasteiger partial charge in [-0.05, 0) is 19.3 Å². The average Bonchev–Trinajstić information content (AvgIpc) is 2.71. The number of rotatable bonds is 6. The largest absolute Gasteiger partial charge is 0.377 e. The minimum Gasteiger partial charge on any atom is -0.377 e. The summed E-state index contributed by atoms with van der Waals surface area (Å²) in [6.45, 7) is 9.23. The molecule has 4 nitrogen and oxygen atoms in total. The molecule has 0 spiro atoms. The van der Waals surface area contributed by atoms with Crippen molar-refractivity contribution in [3.63, 3.8) is 0 Å². The van der Waals surface area contributed by atoms with Crippen molar-refractivity contribution >= 4 is 0 Å². The molecular formula is C13H28N2O2. The van der Waals surface area contributed by atoms with Crippen molar-refractivity contribution in [1.29, 1.82) is 0 Å². The van der Waals surface area contributed by atoms with Crippen molar-refractivity contribution in [2.24, 2.45) is 11.7 Å². The number of hydrogen-bond donors (Lipinski definition) is 1. The summed E-state index contributed by atoms with van der Waals surface area (Å²) in [5, 5.41) is 0. The van der Waals surface area contributed by atoms with Crippen LogP contribution in [0.5, 0.6) is 0 Å². The number of methoxy groups -OCH3 is 2. The van der Waals surface area contributed by atoms with E-state index in [9.17, 15) is 0 Å². The van der Waals surface area contributed by atoms with Crippen LogP contribution in [0.3, 0.4) is 0 Å². The summed E-state index contributed by atoms with van der Waals surface area (Å²) in [6, 6.07) is 0. The molecule has 0 saturated carbocycles. The Kier molecular flexibility index (Phi) is 5.38. The van der Waals surface area contributed by atoms with Crippen LogP contribution in [0.15, 0.2) is 0 Å². The second kappa shape index (κ2) is 6.14. The van der Waals surface area contributed by atoms with Gasteiger partial charge >= 0.3 is 0 Å². The minimum atomic E-state index is 0.0538. The number of likely N-dealkylation sites (tertiary alicyclic amines) is 1. The Hall–Kier alpha value is -0.160. The van der Waals surface area contributed by atoms with Crippen LogP contribution in [0.4, 0.5) is 0 Å². The number of hydrogen-bond acceptors (Lipinski definition) is 4. The predicted octanol–water partition coefficient (Wildman–Crippen LogP) is 1.10. The molecule has 17 heavy (non-hydrogen) atoms. The molecule has 3 atom stereocenters. The average molecular weight is 244 g/mol. The molecule has 4 heteroatoms. The van der Waals surface area contributed by atoms with E-state index in [-0.39, 0.29) is 17.7 Å². The van der Waals surface area contributed by atoms with Gasteiger partial charge in [-0.15, -0.1) is 0 Å². The number of nitrogens with two attached hydrogens (primary N) is 1. The van der Waals surface area contributed by atoms with Crippen molar-refractivity contribution in [3.05, 3.63) is 0 Å². The second-order valence-corrected chi connectivity index (χ2v) is 5.75. The van der Waals surface area contributed by atoms with E-state index < -0.39 is 0 Å². The van der Waals surface area contributed by atoms with E-state index in [0.717, 1.165) is 19.5 Å². The van der Waals surface area contributed by atoms with Crippen LogP contribution in [0.1, 0.15) is 27.2 Å². The van der Waals surface area contributed by atoms with E-state index in [0.29, 0.717) is 12.5 Å². The fraction of sp³-hybridized carbons (Fsp3) is 1.00. The van der Waals surface area contributed by atoms with Crippen LogP contribution < -0.4 is 5.73 Å². The third-order valence-electron chi connectivity index (χ3n) is 3.87. The monoisotopic (exact) mass is 244 g/mol. The molecule has 0 aromatic rings. The summed E-state index contributed by atoms with van der Waals surface area (Å²) in [6.07, 6.45) is 1.44. The number of ether oxygens (including phenoxy) is 2. The zero-order valence-electron chi connectivity index (χ0n) is 11.9. The van der Waals surface area contributed by atoms with Gasteiger partial charge in [-0.2, -0.15) is 0 Å². The van der Waals surface area contributed by atoms with Gasteiger partial charge in [-0.25, -0.2) is 0 Å². The summed E-state index contributed by atoms with van der Waals surface area (Å²) in [4.78, 5) is 2.43. The van der Waals surface area contributed by atoms with E-state index in [4.69, 9.17) is 15.2 Å². The Morgan fingerprint density at radius 2 is 1.71 bits per heavy atom. The summed E-state index contributed by atoms with van der Waals surface area (Å²) in [5.74, 6) is 0.645. The van der Waals surface area contributed by atoms with Gasteiger partial charge in [-0.1, -0.05) is 13.8 Å². The second-order valence-electron chi connectivity index (χ2n) is 5.75. The number of nitrogens with zero attached hydrogens (tertiary/aromatic N) is 1. The van der Waals surface area contributed by atoms with Gasteiger partial charge in [0.05, 0.1) is 12.2 Å². The predicted molar refractivity (Wildman–Crippen MR) is 70.1 cm³/mol. The van der Waals surface area contributed by atoms with Crippen molar-refractivity contribution in [1.82, 2.24) is 4.90 Å². The normalized spacial score (nSPS) is 29.8. The Bertz CT molecular complexity index is 223. The van der Waals surface area contributed by atoms with E-state index in [1.165, 1.54) is 0 Å². The Labute approximate surface area is 105 Å². The minimum absolute atomic E-state index is 0.0538. The van der Waals surface area contributed by atoms with E-state index in [1.807, 2.05) is 0 Å². The highest BCUT2D eigenvalue weighted by Crippen LogP contribution is 2.29. The van der Waals surface area contributed by atoms with Crippen molar-refractivity contribution < 1.29 is 9.47 Å². The molecule has 1 heterocycles. The third kappa shape index (κ3) is 3.41. The maximum Gasteiger partial charge on any atom is 0.0972 e. The van der Waals surface area contributed by atoms with Crippen molar-refractivity contribution in [2.75, 3.05) is 33.9 Å². The van der Waals surface area contributed by atoms with Crippen LogP contribution in [0, 0.1) is 5.92 Å². The molecule has 0 radical (unpaired) electrons. The molecule has 2 N–H and O–H groups in total. The summed E-state index contributed by atoms with van der Waals surface area (Å²) >= 11 is 0. The lowest BCUT2D eigenvalue weighted by molar-refractivity contribution is -0.00461. The Morgan fingerprint density at radius 1 is 1.24 bits per heavy atom. The Morgan fingerprint density at radius 3 is 2.00 bits per heavy atom. The first-order valence-electron chi connectivity index (χ1n) is 6.47. The maximum absolute atomic E-state index is 5.99. The van der Waals surface area contributed by atoms with Crippen LogP contribution in [-0.2, 0) is 9.47 Å². The molecule has 0 amide bonds. The van der Waals surface area contributed by atoms with Gasteiger partial charge in [0.1, 0.15) is 0 Å². The SMILES string of the molecule is COC1CN(C(C)(CN)CC(C)C)CC1OC. The van der Waals surface area contributed by atoms with Crippen LogP contribution >= 0.6 is 0 Å². The highest BCUT2D eigenvalue weighted by Gasteiger charge is 2.41. The summed E-state index contributed by atoms with van der Waals surface area (Å²) in [5.41, 5.74) is 6.04. The third-order valence-corrected chi connectivity index (χ3v) is 3.87. The van der Waals surface area contributed by atoms with Gasteiger partial charge in [0.2, 0.25) is 0 Å². The first-order chi connectivity index (χ1) is 7.96. The molecule has 1 aliphatic rings. The fourth-order valence-corrected chi connectivity index (χ4v) is 2.86. The molecule has 102 valence electrons. The summed E-state index contributed by atoms with van der Waals surface area (Å²) in [7, 11) is 3.50. The molecule has 1 saturated heterocycles. The molecule has 0 bridgehead atoms. The highest BCUT2D eigenvalue weighted by atomic mass is 16.5. The zero-order chi connectivity index (χ0) is 13.1. The van der Waals surface area contributed by atoms with Crippen molar-refractivity contribution in [3.8, 4) is 0 Å². The standard InChI is InChI=1S/C13H28N2O2/c1-10(2)6-13(3,9-14)15-7-11(16-4)12(8-15)17-5/h10-12H,6-9,14H2,1-5H3.